The molecule has 144 valence electrons. The third-order valence-corrected chi connectivity index (χ3v) is 6.16. The number of hydrogen-bond acceptors (Lipinski definition) is 7. The summed E-state index contributed by atoms with van der Waals surface area (Å²) < 4.78 is 13.4. The minimum atomic E-state index is -0.458. The average molecular weight is 469 g/mol. The van der Waals surface area contributed by atoms with E-state index in [-0.39, 0.29) is 0 Å². The van der Waals surface area contributed by atoms with Crippen LogP contribution in [0.4, 0.5) is 0 Å². The van der Waals surface area contributed by atoms with Crippen molar-refractivity contribution in [1.29, 1.82) is 0 Å². The quantitative estimate of drug-likeness (QED) is 0.419. The minimum Gasteiger partial charge on any atom is -0.493 e. The third-order valence-electron chi connectivity index (χ3n) is 4.54. The van der Waals surface area contributed by atoms with Crippen molar-refractivity contribution in [3.8, 4) is 17.1 Å². The van der Waals surface area contributed by atoms with Crippen LogP contribution in [-0.4, -0.2) is 33.4 Å². The highest BCUT2D eigenvalue weighted by atomic mass is 79.9. The number of thioether (sulfide) groups is 1. The zero-order chi connectivity index (χ0) is 20.0. The number of aromatic nitrogens is 3. The predicted octanol–water partition coefficient (Wildman–Crippen LogP) is 4.18. The van der Waals surface area contributed by atoms with Crippen LogP contribution in [0.15, 0.2) is 72.5 Å². The topological polar surface area (TPSA) is 82.5 Å². The van der Waals surface area contributed by atoms with Crippen LogP contribution in [-0.2, 0) is 0 Å². The second-order valence-electron chi connectivity index (χ2n) is 6.26. The van der Waals surface area contributed by atoms with E-state index in [4.69, 9.17) is 9.15 Å². The Balaban J connectivity index is 1.66. The first-order valence-corrected chi connectivity index (χ1v) is 10.5. The molecule has 0 unspecified atom stereocenters. The van der Waals surface area contributed by atoms with Gasteiger partial charge >= 0.3 is 5.63 Å². The number of rotatable bonds is 3. The molecule has 7 nitrogen and oxygen atoms in total. The molecule has 0 saturated carbocycles. The van der Waals surface area contributed by atoms with Gasteiger partial charge in [-0.3, -0.25) is 0 Å². The molecule has 0 fully saturated rings. The van der Waals surface area contributed by atoms with Crippen LogP contribution < -0.4 is 10.4 Å². The summed E-state index contributed by atoms with van der Waals surface area (Å²) in [6.07, 6.45) is 0. The molecule has 2 aromatic carbocycles. The van der Waals surface area contributed by atoms with Crippen molar-refractivity contribution in [2.45, 2.75) is 5.16 Å². The summed E-state index contributed by atoms with van der Waals surface area (Å²) in [4.78, 5) is 12.7. The number of hydrogen-bond donors (Lipinski definition) is 0. The Morgan fingerprint density at radius 2 is 2.00 bits per heavy atom. The molecule has 29 heavy (non-hydrogen) atoms. The first kappa shape index (κ1) is 18.1. The molecule has 4 aromatic rings. The fourth-order valence-corrected chi connectivity index (χ4v) is 4.44. The maximum absolute atomic E-state index is 12.7. The number of benzene rings is 2. The van der Waals surface area contributed by atoms with Gasteiger partial charge in [0.25, 0.3) is 0 Å². The molecule has 0 aliphatic carbocycles. The van der Waals surface area contributed by atoms with Gasteiger partial charge in [0.2, 0.25) is 5.16 Å². The first-order chi connectivity index (χ1) is 14.2. The van der Waals surface area contributed by atoms with Crippen molar-refractivity contribution in [2.24, 2.45) is 5.10 Å². The molecule has 0 spiro atoms. The molecule has 0 N–H and O–H groups in total. The van der Waals surface area contributed by atoms with Gasteiger partial charge in [-0.25, -0.2) is 4.79 Å². The predicted molar refractivity (Wildman–Crippen MR) is 115 cm³/mol. The van der Waals surface area contributed by atoms with E-state index in [0.29, 0.717) is 39.3 Å². The molecule has 0 radical (unpaired) electrons. The molecule has 0 atom stereocenters. The Morgan fingerprint density at radius 3 is 2.83 bits per heavy atom. The summed E-state index contributed by atoms with van der Waals surface area (Å²) >= 11 is 5.02. The molecule has 1 aliphatic heterocycles. The summed E-state index contributed by atoms with van der Waals surface area (Å²) in [5, 5.41) is 14.6. The van der Waals surface area contributed by atoms with Crippen molar-refractivity contribution in [3.63, 3.8) is 0 Å². The van der Waals surface area contributed by atoms with Crippen molar-refractivity contribution >= 4 is 44.4 Å². The number of ether oxygens (including phenoxy) is 1. The maximum atomic E-state index is 12.7. The molecule has 9 heteroatoms. The zero-order valence-corrected chi connectivity index (χ0v) is 17.5. The number of para-hydroxylation sites is 1. The lowest BCUT2D eigenvalue weighted by Crippen LogP contribution is -2.21. The molecule has 1 aliphatic rings. The Labute approximate surface area is 177 Å². The average Bonchev–Trinajstić information content (AvgIpc) is 3.16. The van der Waals surface area contributed by atoms with Gasteiger partial charge in [0, 0.05) is 21.2 Å². The van der Waals surface area contributed by atoms with E-state index in [1.807, 2.05) is 36.4 Å². The van der Waals surface area contributed by atoms with Crippen LogP contribution in [0.25, 0.3) is 22.4 Å². The van der Waals surface area contributed by atoms with Gasteiger partial charge in [-0.05, 0) is 24.3 Å². The maximum Gasteiger partial charge on any atom is 0.345 e. The molecule has 0 bridgehead atoms. The van der Waals surface area contributed by atoms with Crippen LogP contribution in [0.1, 0.15) is 5.56 Å². The fourth-order valence-electron chi connectivity index (χ4n) is 3.15. The van der Waals surface area contributed by atoms with Gasteiger partial charge in [0.05, 0.1) is 18.4 Å². The zero-order valence-electron chi connectivity index (χ0n) is 15.1. The standard InChI is InChI=1S/C20H13BrN4O3S/c1-27-16-8-4-5-11-9-13(19(26)28-17(11)16)15-10-29-20-23-22-18(25(20)24-15)12-6-2-3-7-14(12)21/h2-9H,10H2,1H3. The molecular weight excluding hydrogens is 456 g/mol. The molecule has 0 amide bonds. The Bertz CT molecular complexity index is 1350. The summed E-state index contributed by atoms with van der Waals surface area (Å²) in [5.41, 5.74) is 1.85. The van der Waals surface area contributed by atoms with Crippen molar-refractivity contribution < 1.29 is 9.15 Å². The van der Waals surface area contributed by atoms with Crippen molar-refractivity contribution in [3.05, 3.63) is 69.0 Å². The van der Waals surface area contributed by atoms with Crippen LogP contribution in [0.5, 0.6) is 5.75 Å². The Kier molecular flexibility index (Phi) is 4.48. The number of nitrogens with zero attached hydrogens (tertiary/aromatic N) is 4. The van der Waals surface area contributed by atoms with E-state index >= 15 is 0 Å². The lowest BCUT2D eigenvalue weighted by molar-refractivity contribution is 0.406. The lowest BCUT2D eigenvalue weighted by Gasteiger charge is -2.14. The minimum absolute atomic E-state index is 0.413. The third kappa shape index (κ3) is 3.06. The van der Waals surface area contributed by atoms with E-state index < -0.39 is 5.63 Å². The monoisotopic (exact) mass is 468 g/mol. The van der Waals surface area contributed by atoms with Crippen LogP contribution in [0.2, 0.25) is 0 Å². The number of fused-ring (bicyclic) bond motifs is 2. The van der Waals surface area contributed by atoms with Gasteiger partial charge in [-0.15, -0.1) is 10.2 Å². The van der Waals surface area contributed by atoms with E-state index in [1.165, 1.54) is 11.8 Å². The van der Waals surface area contributed by atoms with E-state index in [1.54, 1.807) is 23.9 Å². The van der Waals surface area contributed by atoms with Crippen LogP contribution in [0, 0.1) is 0 Å². The number of methoxy groups -OCH3 is 1. The van der Waals surface area contributed by atoms with E-state index in [0.717, 1.165) is 15.4 Å². The van der Waals surface area contributed by atoms with E-state index in [9.17, 15) is 4.79 Å². The summed E-state index contributed by atoms with van der Waals surface area (Å²) in [5.74, 6) is 1.61. The van der Waals surface area contributed by atoms with Crippen molar-refractivity contribution in [2.75, 3.05) is 12.9 Å². The molecule has 2 aromatic heterocycles. The second kappa shape index (κ2) is 7.16. The van der Waals surface area contributed by atoms with Gasteiger partial charge < -0.3 is 9.15 Å². The van der Waals surface area contributed by atoms with Gasteiger partial charge in [0.15, 0.2) is 17.2 Å². The van der Waals surface area contributed by atoms with Gasteiger partial charge in [0.1, 0.15) is 0 Å². The largest absolute Gasteiger partial charge is 0.493 e. The van der Waals surface area contributed by atoms with Gasteiger partial charge in [-0.1, -0.05) is 52.0 Å². The summed E-state index contributed by atoms with van der Waals surface area (Å²) in [7, 11) is 1.54. The Morgan fingerprint density at radius 1 is 1.14 bits per heavy atom. The second-order valence-corrected chi connectivity index (χ2v) is 8.06. The van der Waals surface area contributed by atoms with Crippen LogP contribution >= 0.6 is 27.7 Å². The van der Waals surface area contributed by atoms with Crippen LogP contribution in [0.3, 0.4) is 0 Å². The summed E-state index contributed by atoms with van der Waals surface area (Å²) in [6.45, 7) is 0. The van der Waals surface area contributed by atoms with Gasteiger partial charge in [-0.2, -0.15) is 9.78 Å². The highest BCUT2D eigenvalue weighted by Gasteiger charge is 2.24. The fraction of sp³-hybridized carbons (Fsp3) is 0.100. The Hall–Kier alpha value is -2.91. The molecular formula is C20H13BrN4O3S. The normalized spacial score (nSPS) is 13.2. The molecule has 0 saturated heterocycles. The highest BCUT2D eigenvalue weighted by Crippen LogP contribution is 2.32. The smallest absolute Gasteiger partial charge is 0.345 e. The SMILES string of the molecule is COc1cccc2cc(C3=Nn4c(nnc4-c4ccccc4Br)SC3)c(=O)oc12. The first-order valence-electron chi connectivity index (χ1n) is 8.68. The molecule has 5 rings (SSSR count). The molecule has 3 heterocycles. The lowest BCUT2D eigenvalue weighted by atomic mass is 10.1. The summed E-state index contributed by atoms with van der Waals surface area (Å²) in [6, 6.07) is 15.0. The highest BCUT2D eigenvalue weighted by molar-refractivity contribution is 9.10. The number of halogens is 1. The van der Waals surface area contributed by atoms with Crippen molar-refractivity contribution in [1.82, 2.24) is 14.9 Å². The van der Waals surface area contributed by atoms with E-state index in [2.05, 4.69) is 31.2 Å².